The molecule has 1 aliphatic carbocycles. The van der Waals surface area contributed by atoms with Gasteiger partial charge in [-0.25, -0.2) is 22.5 Å². The second-order valence-corrected chi connectivity index (χ2v) is 12.3. The predicted octanol–water partition coefficient (Wildman–Crippen LogP) is 5.75. The molecule has 3 aromatic rings. The first-order valence-electron chi connectivity index (χ1n) is 11.5. The Bertz CT molecular complexity index is 1460. The van der Waals surface area contributed by atoms with Gasteiger partial charge in [-0.3, -0.25) is 0 Å². The molecule has 11 heteroatoms. The summed E-state index contributed by atoms with van der Waals surface area (Å²) in [6.45, 7) is 6.28. The van der Waals surface area contributed by atoms with Crippen LogP contribution in [0, 0.1) is 22.6 Å². The number of hydrogen-bond donors (Lipinski definition) is 1. The van der Waals surface area contributed by atoms with E-state index in [1.54, 1.807) is 16.8 Å². The summed E-state index contributed by atoms with van der Waals surface area (Å²) >= 11 is 0. The average molecular weight is 523 g/mol. The summed E-state index contributed by atoms with van der Waals surface area (Å²) in [5.74, 6) is -0.964. The van der Waals surface area contributed by atoms with Crippen LogP contribution in [0.1, 0.15) is 56.9 Å². The minimum absolute atomic E-state index is 0.0740. The van der Waals surface area contributed by atoms with E-state index in [9.17, 15) is 26.9 Å². The molecule has 1 N–H and O–H groups in total. The number of rotatable bonds is 6. The van der Waals surface area contributed by atoms with Crippen LogP contribution in [-0.2, 0) is 29.3 Å². The van der Waals surface area contributed by atoms with Gasteiger partial charge in [-0.15, -0.1) is 0 Å². The van der Waals surface area contributed by atoms with Crippen LogP contribution in [-0.4, -0.2) is 23.2 Å². The molecule has 0 unspecified atom stereocenters. The molecular weight excluding hydrogens is 496 g/mol. The Morgan fingerprint density at radius 1 is 1.22 bits per heavy atom. The highest BCUT2D eigenvalue weighted by molar-refractivity contribution is 7.90. The van der Waals surface area contributed by atoms with Crippen LogP contribution in [0.25, 0.3) is 22.0 Å². The summed E-state index contributed by atoms with van der Waals surface area (Å²) in [6, 6.07) is 4.74. The maximum absolute atomic E-state index is 15.4. The summed E-state index contributed by atoms with van der Waals surface area (Å²) in [6.07, 6.45) is -0.232. The van der Waals surface area contributed by atoms with Crippen molar-refractivity contribution in [3.05, 3.63) is 53.2 Å². The van der Waals surface area contributed by atoms with E-state index < -0.39 is 49.7 Å². The van der Waals surface area contributed by atoms with Crippen LogP contribution in [0.5, 0.6) is 0 Å². The molecule has 0 saturated heterocycles. The molecule has 0 radical (unpaired) electrons. The Morgan fingerprint density at radius 2 is 1.92 bits per heavy atom. The van der Waals surface area contributed by atoms with Crippen molar-refractivity contribution < 1.29 is 26.0 Å². The maximum Gasteiger partial charge on any atom is 0.417 e. The average Bonchev–Trinajstić information content (AvgIpc) is 3.03. The summed E-state index contributed by atoms with van der Waals surface area (Å²) < 4.78 is 86.2. The fourth-order valence-corrected chi connectivity index (χ4v) is 5.94. The fraction of sp³-hybridized carbons (Fsp3) is 0.440. The maximum atomic E-state index is 15.4. The molecule has 1 aromatic carbocycles. The highest BCUT2D eigenvalue weighted by atomic mass is 32.2. The monoisotopic (exact) mass is 522 g/mol. The van der Waals surface area contributed by atoms with E-state index in [1.807, 2.05) is 20.8 Å². The number of hydrogen-bond acceptors (Lipinski definition) is 4. The minimum Gasteiger partial charge on any atom is -0.347 e. The van der Waals surface area contributed by atoms with E-state index in [-0.39, 0.29) is 12.0 Å². The van der Waals surface area contributed by atoms with Gasteiger partial charge in [0, 0.05) is 47.5 Å². The smallest absolute Gasteiger partial charge is 0.347 e. The predicted molar refractivity (Wildman–Crippen MR) is 128 cm³/mol. The Hall–Kier alpha value is -2.97. The first kappa shape index (κ1) is 26.1. The van der Waals surface area contributed by atoms with E-state index in [0.717, 1.165) is 18.7 Å². The second kappa shape index (κ2) is 9.16. The topological polar surface area (TPSA) is 87.8 Å². The molecular formula is C25H26F4N4O2S. The van der Waals surface area contributed by atoms with Crippen LogP contribution < -0.4 is 4.72 Å². The molecule has 0 atom stereocenters. The quantitative estimate of drug-likeness (QED) is 0.418. The number of nitrogens with one attached hydrogen (secondary N) is 1. The lowest BCUT2D eigenvalue weighted by Gasteiger charge is -2.25. The van der Waals surface area contributed by atoms with Gasteiger partial charge < -0.3 is 4.57 Å². The van der Waals surface area contributed by atoms with Gasteiger partial charge in [0.05, 0.1) is 10.8 Å². The van der Waals surface area contributed by atoms with Crippen molar-refractivity contribution in [2.75, 3.05) is 0 Å². The molecule has 36 heavy (non-hydrogen) atoms. The molecule has 0 amide bonds. The molecule has 1 aliphatic rings. The largest absolute Gasteiger partial charge is 0.417 e. The molecule has 0 spiro atoms. The van der Waals surface area contributed by atoms with Crippen LogP contribution in [0.4, 0.5) is 17.6 Å². The van der Waals surface area contributed by atoms with E-state index >= 15 is 4.39 Å². The third-order valence-corrected chi connectivity index (χ3v) is 8.18. The lowest BCUT2D eigenvalue weighted by Crippen LogP contribution is -2.38. The van der Waals surface area contributed by atoms with Crippen molar-refractivity contribution in [1.82, 2.24) is 14.3 Å². The molecule has 2 aromatic heterocycles. The van der Waals surface area contributed by atoms with Crippen molar-refractivity contribution in [3.63, 3.8) is 0 Å². The van der Waals surface area contributed by atoms with Gasteiger partial charge in [0.2, 0.25) is 10.0 Å². The zero-order valence-corrected chi connectivity index (χ0v) is 20.9. The van der Waals surface area contributed by atoms with Gasteiger partial charge in [0.15, 0.2) is 0 Å². The Labute approximate surface area is 207 Å². The summed E-state index contributed by atoms with van der Waals surface area (Å²) in [4.78, 5) is 3.73. The first-order chi connectivity index (χ1) is 16.7. The van der Waals surface area contributed by atoms with Gasteiger partial charge in [-0.2, -0.15) is 18.4 Å². The van der Waals surface area contributed by atoms with E-state index in [4.69, 9.17) is 0 Å². The summed E-state index contributed by atoms with van der Waals surface area (Å²) in [7, 11) is -3.53. The van der Waals surface area contributed by atoms with Crippen molar-refractivity contribution >= 4 is 20.9 Å². The third-order valence-electron chi connectivity index (χ3n) is 6.28. The zero-order valence-electron chi connectivity index (χ0n) is 20.1. The molecule has 4 rings (SSSR count). The SMILES string of the molecule is CC(C)(C)Cn1cc(CNS(=O)(=O)C2CCC2)c2cc(F)c(-c3c(C(F)(F)F)ccnc3C#N)cc21. The summed E-state index contributed by atoms with van der Waals surface area (Å²) in [5, 5.41) is 9.37. The molecule has 2 heterocycles. The summed E-state index contributed by atoms with van der Waals surface area (Å²) in [5.41, 5.74) is -2.02. The van der Waals surface area contributed by atoms with Crippen molar-refractivity contribution in [3.8, 4) is 17.2 Å². The third kappa shape index (κ3) is 5.11. The fourth-order valence-electron chi connectivity index (χ4n) is 4.39. The van der Waals surface area contributed by atoms with E-state index in [2.05, 4.69) is 9.71 Å². The lowest BCUT2D eigenvalue weighted by atomic mass is 9.95. The molecule has 192 valence electrons. The number of halogens is 4. The van der Waals surface area contributed by atoms with Gasteiger partial charge >= 0.3 is 6.18 Å². The highest BCUT2D eigenvalue weighted by Crippen LogP contribution is 2.41. The molecule has 0 bridgehead atoms. The number of fused-ring (bicyclic) bond motifs is 1. The van der Waals surface area contributed by atoms with Crippen molar-refractivity contribution in [2.45, 2.75) is 64.5 Å². The van der Waals surface area contributed by atoms with Crippen LogP contribution in [0.15, 0.2) is 30.6 Å². The second-order valence-electron chi connectivity index (χ2n) is 10.3. The van der Waals surface area contributed by atoms with E-state index in [1.165, 1.54) is 6.07 Å². The molecule has 6 nitrogen and oxygen atoms in total. The standard InChI is InChI=1S/C25H26F4N4O2S/c1-24(2,3)14-33-13-15(12-32-36(34,35)16-5-4-6-16)17-9-20(26)18(10-22(17)33)23-19(25(27,28)29)7-8-31-21(23)11-30/h7-10,13,16,32H,4-6,12,14H2,1-3H3. The molecule has 1 fully saturated rings. The lowest BCUT2D eigenvalue weighted by molar-refractivity contribution is -0.137. The highest BCUT2D eigenvalue weighted by Gasteiger charge is 2.36. The molecule has 1 saturated carbocycles. The Morgan fingerprint density at radius 3 is 2.47 bits per heavy atom. The number of alkyl halides is 3. The normalized spacial score (nSPS) is 15.2. The first-order valence-corrected chi connectivity index (χ1v) is 13.0. The number of nitriles is 1. The number of benzene rings is 1. The molecule has 0 aliphatic heterocycles. The number of sulfonamides is 1. The van der Waals surface area contributed by atoms with Gasteiger partial charge in [-0.1, -0.05) is 27.2 Å². The Kier molecular flexibility index (Phi) is 6.64. The number of aromatic nitrogens is 2. The number of pyridine rings is 1. The van der Waals surface area contributed by atoms with Crippen molar-refractivity contribution in [2.24, 2.45) is 5.41 Å². The zero-order chi connectivity index (χ0) is 26.5. The van der Waals surface area contributed by atoms with Crippen LogP contribution in [0.3, 0.4) is 0 Å². The van der Waals surface area contributed by atoms with Crippen LogP contribution >= 0.6 is 0 Å². The van der Waals surface area contributed by atoms with Gasteiger partial charge in [0.1, 0.15) is 17.6 Å². The van der Waals surface area contributed by atoms with Gasteiger partial charge in [0.25, 0.3) is 0 Å². The van der Waals surface area contributed by atoms with Crippen molar-refractivity contribution in [1.29, 1.82) is 5.26 Å². The van der Waals surface area contributed by atoms with E-state index in [0.29, 0.717) is 41.9 Å². The van der Waals surface area contributed by atoms with Gasteiger partial charge in [-0.05, 0) is 42.0 Å². The Balaban J connectivity index is 1.88. The minimum atomic E-state index is -4.83. The number of nitrogens with zero attached hydrogens (tertiary/aromatic N) is 3. The van der Waals surface area contributed by atoms with Crippen LogP contribution in [0.2, 0.25) is 0 Å².